The summed E-state index contributed by atoms with van der Waals surface area (Å²) in [6.07, 6.45) is 0.610. The van der Waals surface area contributed by atoms with Crippen molar-refractivity contribution in [3.63, 3.8) is 0 Å². The van der Waals surface area contributed by atoms with Crippen LogP contribution >= 0.6 is 23.2 Å². The van der Waals surface area contributed by atoms with Gasteiger partial charge in [-0.05, 0) is 24.0 Å². The zero-order valence-corrected chi connectivity index (χ0v) is 13.1. The molecule has 0 saturated heterocycles. The van der Waals surface area contributed by atoms with Crippen LogP contribution < -0.4 is 4.74 Å². The highest BCUT2D eigenvalue weighted by atomic mass is 35.5. The molecule has 106 valence electrons. The summed E-state index contributed by atoms with van der Waals surface area (Å²) in [4.78, 5) is 12.6. The highest BCUT2D eigenvalue weighted by Crippen LogP contribution is 2.48. The number of benzene rings is 1. The van der Waals surface area contributed by atoms with E-state index in [2.05, 4.69) is 0 Å². The van der Waals surface area contributed by atoms with Gasteiger partial charge in [-0.1, -0.05) is 44.0 Å². The van der Waals surface area contributed by atoms with E-state index in [4.69, 9.17) is 33.2 Å². The van der Waals surface area contributed by atoms with E-state index >= 15 is 0 Å². The molecule has 0 saturated carbocycles. The van der Waals surface area contributed by atoms with Gasteiger partial charge in [0.05, 0.1) is 5.02 Å². The number of Topliss-reactive ketones (excluding diaryl/α,β-unsaturated/α-hetero) is 1. The number of hydrogen-bond acceptors (Lipinski definition) is 3. The van der Waals surface area contributed by atoms with E-state index in [-0.39, 0.29) is 28.4 Å². The number of halogens is 2. The van der Waals surface area contributed by atoms with Crippen LogP contribution in [0.4, 0.5) is 0 Å². The van der Waals surface area contributed by atoms with Crippen molar-refractivity contribution in [3.8, 4) is 11.8 Å². The fourth-order valence-electron chi connectivity index (χ4n) is 2.48. The van der Waals surface area contributed by atoms with E-state index in [0.717, 1.165) is 5.56 Å². The Morgan fingerprint density at radius 2 is 2.10 bits per heavy atom. The Morgan fingerprint density at radius 1 is 1.45 bits per heavy atom. The zero-order chi connectivity index (χ0) is 15.1. The predicted molar refractivity (Wildman–Crippen MR) is 78.5 cm³/mol. The number of nitrogens with zero attached hydrogens (tertiary/aromatic N) is 1. The lowest BCUT2D eigenvalue weighted by atomic mass is 9.76. The Balaban J connectivity index is 2.53. The van der Waals surface area contributed by atoms with Crippen LogP contribution in [0, 0.1) is 22.7 Å². The molecule has 5 heteroatoms. The summed E-state index contributed by atoms with van der Waals surface area (Å²) in [6, 6.07) is 3.61. The smallest absolute Gasteiger partial charge is 0.174 e. The highest BCUT2D eigenvalue weighted by molar-refractivity contribution is 6.45. The van der Waals surface area contributed by atoms with Crippen molar-refractivity contribution >= 4 is 29.0 Å². The second-order valence-electron chi connectivity index (χ2n) is 5.56. The molecule has 2 rings (SSSR count). The van der Waals surface area contributed by atoms with Crippen LogP contribution in [0.15, 0.2) is 6.07 Å². The van der Waals surface area contributed by atoms with Gasteiger partial charge >= 0.3 is 0 Å². The van der Waals surface area contributed by atoms with Crippen molar-refractivity contribution in [2.75, 3.05) is 6.61 Å². The summed E-state index contributed by atoms with van der Waals surface area (Å²) in [6.45, 7) is 5.88. The molecule has 20 heavy (non-hydrogen) atoms. The largest absolute Gasteiger partial charge is 0.477 e. The number of fused-ring (bicyclic) bond motifs is 1. The topological polar surface area (TPSA) is 50.1 Å². The summed E-state index contributed by atoms with van der Waals surface area (Å²) in [7, 11) is 0. The molecular formula is C15H15Cl2NO2. The lowest BCUT2D eigenvalue weighted by Crippen LogP contribution is -2.30. The van der Waals surface area contributed by atoms with Gasteiger partial charge in [-0.25, -0.2) is 0 Å². The molecule has 3 nitrogen and oxygen atoms in total. The third kappa shape index (κ3) is 2.17. The Labute approximate surface area is 128 Å². The Hall–Kier alpha value is -1.24. The highest BCUT2D eigenvalue weighted by Gasteiger charge is 2.45. The average Bonchev–Trinajstić information content (AvgIpc) is 2.65. The normalized spacial score (nSPS) is 20.9. The number of ketones is 1. The zero-order valence-electron chi connectivity index (χ0n) is 11.6. The number of carbonyl (C=O) groups is 1. The Kier molecular flexibility index (Phi) is 4.00. The third-order valence-corrected chi connectivity index (χ3v) is 4.97. The number of ether oxygens (including phenoxy) is 1. The molecular weight excluding hydrogens is 297 g/mol. The van der Waals surface area contributed by atoms with Gasteiger partial charge in [-0.2, -0.15) is 5.26 Å². The van der Waals surface area contributed by atoms with Crippen LogP contribution in [0.2, 0.25) is 10.0 Å². The van der Waals surface area contributed by atoms with Gasteiger partial charge in [0, 0.05) is 11.0 Å². The first-order valence-electron chi connectivity index (χ1n) is 6.38. The van der Waals surface area contributed by atoms with Crippen molar-refractivity contribution < 1.29 is 9.53 Å². The van der Waals surface area contributed by atoms with Crippen molar-refractivity contribution in [2.45, 2.75) is 27.2 Å². The SMILES string of the molecule is CC(C)C1(C)Cc2cc(OCC#N)c(Cl)c(Cl)c2C1=O. The Morgan fingerprint density at radius 3 is 2.65 bits per heavy atom. The molecule has 1 atom stereocenters. The Bertz CT molecular complexity index is 619. The van der Waals surface area contributed by atoms with E-state index < -0.39 is 5.41 Å². The summed E-state index contributed by atoms with van der Waals surface area (Å²) < 4.78 is 5.27. The number of rotatable bonds is 3. The molecule has 0 fully saturated rings. The van der Waals surface area contributed by atoms with Crippen molar-refractivity contribution in [1.29, 1.82) is 5.26 Å². The molecule has 1 aliphatic rings. The third-order valence-electron chi connectivity index (χ3n) is 4.12. The predicted octanol–water partition coefficient (Wildman–Crippen LogP) is 4.30. The molecule has 0 bridgehead atoms. The first-order chi connectivity index (χ1) is 9.32. The molecule has 0 radical (unpaired) electrons. The fourth-order valence-corrected chi connectivity index (χ4v) is 2.98. The van der Waals surface area contributed by atoms with E-state index in [9.17, 15) is 4.79 Å². The van der Waals surface area contributed by atoms with Gasteiger partial charge in [0.25, 0.3) is 0 Å². The van der Waals surface area contributed by atoms with Gasteiger partial charge in [-0.15, -0.1) is 0 Å². The molecule has 1 unspecified atom stereocenters. The van der Waals surface area contributed by atoms with E-state index in [1.165, 1.54) is 0 Å². The minimum atomic E-state index is -0.469. The summed E-state index contributed by atoms with van der Waals surface area (Å²) >= 11 is 12.4. The van der Waals surface area contributed by atoms with Crippen molar-refractivity contribution in [2.24, 2.45) is 11.3 Å². The molecule has 1 aromatic carbocycles. The fraction of sp³-hybridized carbons (Fsp3) is 0.467. The summed E-state index contributed by atoms with van der Waals surface area (Å²) in [5.74, 6) is 0.583. The van der Waals surface area contributed by atoms with E-state index in [1.807, 2.05) is 26.8 Å². The van der Waals surface area contributed by atoms with Crippen LogP contribution in [-0.2, 0) is 6.42 Å². The summed E-state index contributed by atoms with van der Waals surface area (Å²) in [5.41, 5.74) is 0.870. The lowest BCUT2D eigenvalue weighted by Gasteiger charge is -2.26. The lowest BCUT2D eigenvalue weighted by molar-refractivity contribution is 0.0772. The second-order valence-corrected chi connectivity index (χ2v) is 6.32. The maximum Gasteiger partial charge on any atom is 0.174 e. The molecule has 0 spiro atoms. The molecule has 0 N–H and O–H groups in total. The van der Waals surface area contributed by atoms with Gasteiger partial charge in [-0.3, -0.25) is 4.79 Å². The minimum absolute atomic E-state index is 0.0289. The average molecular weight is 312 g/mol. The van der Waals surface area contributed by atoms with Crippen LogP contribution in [0.3, 0.4) is 0 Å². The van der Waals surface area contributed by atoms with Crippen LogP contribution in [0.5, 0.6) is 5.75 Å². The maximum atomic E-state index is 12.6. The van der Waals surface area contributed by atoms with Gasteiger partial charge in [0.1, 0.15) is 16.8 Å². The molecule has 0 aliphatic heterocycles. The van der Waals surface area contributed by atoms with Crippen molar-refractivity contribution in [3.05, 3.63) is 27.2 Å². The van der Waals surface area contributed by atoms with Gasteiger partial charge in [0.15, 0.2) is 12.4 Å². The van der Waals surface area contributed by atoms with Gasteiger partial charge < -0.3 is 4.74 Å². The first-order valence-corrected chi connectivity index (χ1v) is 7.14. The molecule has 1 aliphatic carbocycles. The van der Waals surface area contributed by atoms with Crippen molar-refractivity contribution in [1.82, 2.24) is 0 Å². The molecule has 0 aromatic heterocycles. The monoisotopic (exact) mass is 311 g/mol. The van der Waals surface area contributed by atoms with E-state index in [1.54, 1.807) is 6.07 Å². The number of hydrogen-bond donors (Lipinski definition) is 0. The quantitative estimate of drug-likeness (QED) is 0.836. The molecule has 0 amide bonds. The first kappa shape index (κ1) is 15.2. The molecule has 1 aromatic rings. The van der Waals surface area contributed by atoms with Crippen LogP contribution in [-0.4, -0.2) is 12.4 Å². The number of nitriles is 1. The van der Waals surface area contributed by atoms with Crippen LogP contribution in [0.1, 0.15) is 36.7 Å². The second kappa shape index (κ2) is 5.27. The molecule has 0 heterocycles. The number of carbonyl (C=O) groups excluding carboxylic acids is 1. The summed E-state index contributed by atoms with van der Waals surface area (Å²) in [5, 5.41) is 9.00. The standard InChI is InChI=1S/C15H15Cl2NO2/c1-8(2)15(3)7-9-6-10(20-5-4-18)12(16)13(17)11(9)14(15)19/h6,8H,5,7H2,1-3H3. The van der Waals surface area contributed by atoms with E-state index in [0.29, 0.717) is 17.7 Å². The van der Waals surface area contributed by atoms with Crippen LogP contribution in [0.25, 0.3) is 0 Å². The minimum Gasteiger partial charge on any atom is -0.477 e. The van der Waals surface area contributed by atoms with Gasteiger partial charge in [0.2, 0.25) is 0 Å². The maximum absolute atomic E-state index is 12.6.